The zero-order valence-electron chi connectivity index (χ0n) is 31.5. The first-order chi connectivity index (χ1) is 27.6. The monoisotopic (exact) mass is 730 g/mol. The van der Waals surface area contributed by atoms with Gasteiger partial charge in [-0.3, -0.25) is 0 Å². The van der Waals surface area contributed by atoms with Gasteiger partial charge in [0.15, 0.2) is 0 Å². The Balaban J connectivity index is 1.09. The van der Waals surface area contributed by atoms with Gasteiger partial charge in [0, 0.05) is 20.4 Å². The molecule has 12 rings (SSSR count). The summed E-state index contributed by atoms with van der Waals surface area (Å²) >= 11 is 1.95. The summed E-state index contributed by atoms with van der Waals surface area (Å²) in [6.45, 7) is 4.85. The van der Waals surface area contributed by atoms with Crippen LogP contribution in [-0.2, 0) is 11.8 Å². The minimum atomic E-state index is -0.133. The molecular formula is C55H38S. The van der Waals surface area contributed by atoms with E-state index in [2.05, 4.69) is 184 Å². The van der Waals surface area contributed by atoms with E-state index in [4.69, 9.17) is 0 Å². The second-order valence-electron chi connectivity index (χ2n) is 16.2. The second-order valence-corrected chi connectivity index (χ2v) is 17.3. The molecule has 2 aliphatic rings. The highest BCUT2D eigenvalue weighted by atomic mass is 32.1. The fourth-order valence-electron chi connectivity index (χ4n) is 10.4. The molecule has 0 spiro atoms. The summed E-state index contributed by atoms with van der Waals surface area (Å²) in [5.41, 5.74) is 14.7. The van der Waals surface area contributed by atoms with E-state index in [0.717, 1.165) is 12.8 Å². The Labute approximate surface area is 331 Å². The van der Waals surface area contributed by atoms with Crippen LogP contribution in [0.1, 0.15) is 41.8 Å². The number of hydrogen-bond acceptors (Lipinski definition) is 1. The summed E-state index contributed by atoms with van der Waals surface area (Å²) in [5, 5.41) is 11.9. The van der Waals surface area contributed by atoms with Gasteiger partial charge >= 0.3 is 0 Å². The predicted molar refractivity (Wildman–Crippen MR) is 243 cm³/mol. The predicted octanol–water partition coefficient (Wildman–Crippen LogP) is 15.8. The number of benzene rings is 9. The Kier molecular flexibility index (Phi) is 6.78. The lowest BCUT2D eigenvalue weighted by Crippen LogP contribution is -2.15. The Morgan fingerprint density at radius 3 is 1.77 bits per heavy atom. The van der Waals surface area contributed by atoms with Gasteiger partial charge in [0.1, 0.15) is 0 Å². The van der Waals surface area contributed by atoms with Crippen molar-refractivity contribution in [3.63, 3.8) is 0 Å². The molecule has 0 saturated heterocycles. The Morgan fingerprint density at radius 2 is 1.04 bits per heavy atom. The van der Waals surface area contributed by atoms with Gasteiger partial charge < -0.3 is 0 Å². The number of aryl methyl sites for hydroxylation is 1. The molecule has 0 unspecified atom stereocenters. The third-order valence-electron chi connectivity index (χ3n) is 12.9. The van der Waals surface area contributed by atoms with Crippen LogP contribution in [0.5, 0.6) is 0 Å². The summed E-state index contributed by atoms with van der Waals surface area (Å²) in [7, 11) is 0. The average molecular weight is 731 g/mol. The summed E-state index contributed by atoms with van der Waals surface area (Å²) in [6.07, 6.45) is 6.93. The number of allylic oxidation sites excluding steroid dienone is 1. The average Bonchev–Trinajstić information content (AvgIpc) is 3.74. The molecule has 56 heavy (non-hydrogen) atoms. The van der Waals surface area contributed by atoms with Gasteiger partial charge in [-0.25, -0.2) is 0 Å². The summed E-state index contributed by atoms with van der Waals surface area (Å²) in [4.78, 5) is 1.44. The lowest BCUT2D eigenvalue weighted by atomic mass is 9.80. The summed E-state index contributed by atoms with van der Waals surface area (Å²) < 4.78 is 1.41. The smallest absolute Gasteiger partial charge is 0.0358 e. The molecule has 2 aliphatic carbocycles. The van der Waals surface area contributed by atoms with Crippen molar-refractivity contribution in [3.05, 3.63) is 185 Å². The normalized spacial score (nSPS) is 14.2. The SMILES string of the molecule is CC1(C)c2cc(-c3c4ccccc4c(-c4ccc(-c5ccccc5)c5ccccc45)c4ccccc34)ccc2-c2c1ccc1c2ccc2sc3c(c21)CCC=C3. The van der Waals surface area contributed by atoms with Crippen molar-refractivity contribution in [2.45, 2.75) is 32.1 Å². The Hall–Kier alpha value is -6.28. The van der Waals surface area contributed by atoms with Crippen LogP contribution >= 0.6 is 11.3 Å². The highest BCUT2D eigenvalue weighted by Gasteiger charge is 2.37. The number of hydrogen-bond donors (Lipinski definition) is 0. The van der Waals surface area contributed by atoms with E-state index in [1.165, 1.54) is 119 Å². The molecule has 1 heteroatoms. The highest BCUT2D eigenvalue weighted by molar-refractivity contribution is 7.20. The van der Waals surface area contributed by atoms with Crippen molar-refractivity contribution >= 4 is 70.6 Å². The molecule has 9 aromatic carbocycles. The minimum Gasteiger partial charge on any atom is -0.136 e. The van der Waals surface area contributed by atoms with E-state index in [1.807, 2.05) is 11.3 Å². The zero-order chi connectivity index (χ0) is 37.1. The highest BCUT2D eigenvalue weighted by Crippen LogP contribution is 2.55. The minimum absolute atomic E-state index is 0.133. The van der Waals surface area contributed by atoms with Crippen molar-refractivity contribution in [1.29, 1.82) is 0 Å². The topological polar surface area (TPSA) is 0 Å². The third kappa shape index (κ3) is 4.41. The van der Waals surface area contributed by atoms with E-state index in [1.54, 1.807) is 0 Å². The lowest BCUT2D eigenvalue weighted by molar-refractivity contribution is 0.661. The molecule has 0 atom stereocenters. The van der Waals surface area contributed by atoms with Crippen LogP contribution in [0.25, 0.3) is 104 Å². The first-order valence-corrected chi connectivity index (χ1v) is 20.7. The molecule has 0 N–H and O–H groups in total. The van der Waals surface area contributed by atoms with Crippen LogP contribution in [0.2, 0.25) is 0 Å². The quantitative estimate of drug-likeness (QED) is 0.159. The Bertz CT molecular complexity index is 3260. The van der Waals surface area contributed by atoms with E-state index in [0.29, 0.717) is 0 Å². The van der Waals surface area contributed by atoms with Gasteiger partial charge in [-0.2, -0.15) is 0 Å². The summed E-state index contributed by atoms with van der Waals surface area (Å²) in [5.74, 6) is 0. The van der Waals surface area contributed by atoms with Crippen LogP contribution in [0.3, 0.4) is 0 Å². The van der Waals surface area contributed by atoms with Crippen LogP contribution in [0.4, 0.5) is 0 Å². The molecule has 0 bridgehead atoms. The second kappa shape index (κ2) is 11.9. The van der Waals surface area contributed by atoms with E-state index in [9.17, 15) is 0 Å². The molecule has 264 valence electrons. The molecule has 10 aromatic rings. The first kappa shape index (κ1) is 32.0. The molecule has 0 aliphatic heterocycles. The maximum absolute atomic E-state index is 2.52. The lowest BCUT2D eigenvalue weighted by Gasteiger charge is -2.23. The van der Waals surface area contributed by atoms with Gasteiger partial charge in [-0.15, -0.1) is 11.3 Å². The van der Waals surface area contributed by atoms with Gasteiger partial charge in [-0.05, 0) is 135 Å². The third-order valence-corrected chi connectivity index (χ3v) is 14.1. The van der Waals surface area contributed by atoms with Crippen molar-refractivity contribution in [2.24, 2.45) is 0 Å². The van der Waals surface area contributed by atoms with Crippen molar-refractivity contribution in [3.8, 4) is 44.5 Å². The molecule has 0 fully saturated rings. The van der Waals surface area contributed by atoms with Gasteiger partial charge in [0.25, 0.3) is 0 Å². The number of fused-ring (bicyclic) bond motifs is 12. The van der Waals surface area contributed by atoms with E-state index < -0.39 is 0 Å². The van der Waals surface area contributed by atoms with Crippen LogP contribution in [0.15, 0.2) is 164 Å². The fraction of sp³-hybridized carbons (Fsp3) is 0.0909. The number of thiophene rings is 1. The van der Waals surface area contributed by atoms with E-state index >= 15 is 0 Å². The van der Waals surface area contributed by atoms with Crippen LogP contribution < -0.4 is 0 Å². The zero-order valence-corrected chi connectivity index (χ0v) is 32.3. The molecule has 1 aromatic heterocycles. The molecule has 1 heterocycles. The standard InChI is InChI=1S/C55H38S/c1-55(2)47-30-28-44-43(29-31-50-54(44)46-22-12-13-23-49(46)56-50)53(47)45-25-24-34(32-48(45)55)51-38-18-8-10-20-40(38)52(41-21-11-9-19-39(41)51)42-27-26-35(33-14-4-3-5-15-33)36-16-6-7-17-37(36)42/h3-11,13-21,23-32H,12,22H2,1-2H3. The van der Waals surface area contributed by atoms with Crippen molar-refractivity contribution in [2.75, 3.05) is 0 Å². The maximum atomic E-state index is 2.52. The molecule has 0 amide bonds. The first-order valence-electron chi connectivity index (χ1n) is 19.9. The van der Waals surface area contributed by atoms with Crippen LogP contribution in [-0.4, -0.2) is 0 Å². The van der Waals surface area contributed by atoms with Gasteiger partial charge in [0.2, 0.25) is 0 Å². The Morgan fingerprint density at radius 1 is 0.446 bits per heavy atom. The van der Waals surface area contributed by atoms with Crippen molar-refractivity contribution in [1.82, 2.24) is 0 Å². The summed E-state index contributed by atoms with van der Waals surface area (Å²) in [6, 6.07) is 59.5. The molecular weight excluding hydrogens is 693 g/mol. The number of rotatable bonds is 3. The van der Waals surface area contributed by atoms with Crippen molar-refractivity contribution < 1.29 is 0 Å². The van der Waals surface area contributed by atoms with Gasteiger partial charge in [0.05, 0.1) is 0 Å². The van der Waals surface area contributed by atoms with Crippen LogP contribution in [0, 0.1) is 0 Å². The molecule has 0 radical (unpaired) electrons. The largest absolute Gasteiger partial charge is 0.136 e. The fourth-order valence-corrected chi connectivity index (χ4v) is 11.6. The van der Waals surface area contributed by atoms with E-state index in [-0.39, 0.29) is 5.41 Å². The molecule has 0 nitrogen and oxygen atoms in total. The molecule has 0 saturated carbocycles. The maximum Gasteiger partial charge on any atom is 0.0358 e. The van der Waals surface area contributed by atoms with Gasteiger partial charge in [-0.1, -0.05) is 166 Å².